The number of esters is 3. The summed E-state index contributed by atoms with van der Waals surface area (Å²) in [4.78, 5) is 37.8. The van der Waals surface area contributed by atoms with Crippen molar-refractivity contribution in [2.45, 2.75) is 290 Å². The SMILES string of the molecule is CCCCC/C=C\C/C=C\CCCCCCCC(=O)OC(COC(=O)CCCCCCCCCC)COC(=O)CCCCCCCCCCCCCCCCCCCCC. The van der Waals surface area contributed by atoms with E-state index in [2.05, 4.69) is 45.1 Å². The highest BCUT2D eigenvalue weighted by Crippen LogP contribution is 2.16. The number of hydrogen-bond acceptors (Lipinski definition) is 6. The molecule has 0 saturated heterocycles. The summed E-state index contributed by atoms with van der Waals surface area (Å²) < 4.78 is 16.8. The minimum Gasteiger partial charge on any atom is -0.462 e. The van der Waals surface area contributed by atoms with E-state index in [9.17, 15) is 14.4 Å². The maximum Gasteiger partial charge on any atom is 0.306 e. The van der Waals surface area contributed by atoms with Gasteiger partial charge in [0.05, 0.1) is 0 Å². The van der Waals surface area contributed by atoms with Gasteiger partial charge in [0.15, 0.2) is 6.10 Å². The molecule has 0 aromatic rings. The van der Waals surface area contributed by atoms with Gasteiger partial charge in [-0.15, -0.1) is 0 Å². The van der Waals surface area contributed by atoms with E-state index in [0.717, 1.165) is 77.0 Å². The normalized spacial score (nSPS) is 12.1. The molecule has 0 radical (unpaired) electrons. The number of unbranched alkanes of at least 4 members (excludes halogenated alkanes) is 33. The lowest BCUT2D eigenvalue weighted by molar-refractivity contribution is -0.167. The third-order valence-corrected chi connectivity index (χ3v) is 11.7. The van der Waals surface area contributed by atoms with E-state index in [4.69, 9.17) is 14.2 Å². The molecule has 0 rings (SSSR count). The van der Waals surface area contributed by atoms with E-state index in [-0.39, 0.29) is 31.1 Å². The molecule has 0 aliphatic rings. The van der Waals surface area contributed by atoms with E-state index < -0.39 is 6.10 Å². The Morgan fingerprint density at radius 1 is 0.333 bits per heavy atom. The molecule has 60 heavy (non-hydrogen) atoms. The average molecular weight is 845 g/mol. The zero-order chi connectivity index (χ0) is 43.7. The molecule has 0 bridgehead atoms. The second-order valence-corrected chi connectivity index (χ2v) is 17.8. The molecule has 0 aliphatic carbocycles. The highest BCUT2D eigenvalue weighted by molar-refractivity contribution is 5.71. The van der Waals surface area contributed by atoms with Crippen LogP contribution in [-0.4, -0.2) is 37.2 Å². The van der Waals surface area contributed by atoms with Gasteiger partial charge in [-0.05, 0) is 51.4 Å². The standard InChI is InChI=1S/C54H100O6/c1-4-7-10-13-16-19-21-23-25-26-27-28-30-31-33-35-38-41-44-47-53(56)59-50-51(49-58-52(55)46-43-40-37-18-15-12-9-6-3)60-54(57)48-45-42-39-36-34-32-29-24-22-20-17-14-11-8-5-2/h17,20,24,29,51H,4-16,18-19,21-23,25-28,30-50H2,1-3H3/b20-17-,29-24-. The molecule has 1 atom stereocenters. The first kappa shape index (κ1) is 57.9. The fourth-order valence-electron chi connectivity index (χ4n) is 7.71. The van der Waals surface area contributed by atoms with Crippen molar-refractivity contribution in [1.82, 2.24) is 0 Å². The van der Waals surface area contributed by atoms with Crippen molar-refractivity contribution >= 4 is 17.9 Å². The molecule has 0 saturated carbocycles. The first-order chi connectivity index (χ1) is 29.5. The van der Waals surface area contributed by atoms with Crippen LogP contribution >= 0.6 is 0 Å². The van der Waals surface area contributed by atoms with Crippen molar-refractivity contribution in [3.05, 3.63) is 24.3 Å². The Balaban J connectivity index is 4.24. The second-order valence-electron chi connectivity index (χ2n) is 17.8. The number of ether oxygens (including phenoxy) is 3. The third kappa shape index (κ3) is 46.9. The average Bonchev–Trinajstić information content (AvgIpc) is 3.24. The Morgan fingerprint density at radius 3 is 0.950 bits per heavy atom. The van der Waals surface area contributed by atoms with E-state index in [1.807, 2.05) is 0 Å². The lowest BCUT2D eigenvalue weighted by Crippen LogP contribution is -2.30. The number of carbonyl (C=O) groups excluding carboxylic acids is 3. The van der Waals surface area contributed by atoms with Gasteiger partial charge < -0.3 is 14.2 Å². The van der Waals surface area contributed by atoms with Gasteiger partial charge >= 0.3 is 17.9 Å². The molecule has 0 aromatic heterocycles. The van der Waals surface area contributed by atoms with Crippen LogP contribution in [-0.2, 0) is 28.6 Å². The molecule has 0 aromatic carbocycles. The van der Waals surface area contributed by atoms with Crippen molar-refractivity contribution in [3.8, 4) is 0 Å². The van der Waals surface area contributed by atoms with Crippen molar-refractivity contribution in [2.75, 3.05) is 13.2 Å². The minimum atomic E-state index is -0.771. The van der Waals surface area contributed by atoms with E-state index in [0.29, 0.717) is 19.3 Å². The van der Waals surface area contributed by atoms with Crippen LogP contribution in [0.25, 0.3) is 0 Å². The van der Waals surface area contributed by atoms with Crippen LogP contribution in [0.3, 0.4) is 0 Å². The van der Waals surface area contributed by atoms with Crippen molar-refractivity contribution in [1.29, 1.82) is 0 Å². The number of carbonyl (C=O) groups is 3. The summed E-state index contributed by atoms with van der Waals surface area (Å²) in [6, 6.07) is 0. The highest BCUT2D eigenvalue weighted by atomic mass is 16.6. The van der Waals surface area contributed by atoms with Gasteiger partial charge in [0.25, 0.3) is 0 Å². The summed E-state index contributed by atoms with van der Waals surface area (Å²) in [5, 5.41) is 0. The Kier molecular flexibility index (Phi) is 47.8. The quantitative estimate of drug-likeness (QED) is 0.0263. The van der Waals surface area contributed by atoms with Crippen LogP contribution in [0, 0.1) is 0 Å². The van der Waals surface area contributed by atoms with Gasteiger partial charge in [-0.2, -0.15) is 0 Å². The van der Waals surface area contributed by atoms with Crippen LogP contribution < -0.4 is 0 Å². The smallest absolute Gasteiger partial charge is 0.306 e. The van der Waals surface area contributed by atoms with E-state index in [1.165, 1.54) is 167 Å². The fraction of sp³-hybridized carbons (Fsp3) is 0.870. The third-order valence-electron chi connectivity index (χ3n) is 11.7. The van der Waals surface area contributed by atoms with Crippen LogP contribution in [0.2, 0.25) is 0 Å². The first-order valence-corrected chi connectivity index (χ1v) is 26.3. The molecule has 0 spiro atoms. The zero-order valence-corrected chi connectivity index (χ0v) is 40.2. The van der Waals surface area contributed by atoms with Crippen LogP contribution in [0.4, 0.5) is 0 Å². The van der Waals surface area contributed by atoms with E-state index >= 15 is 0 Å². The summed E-state index contributed by atoms with van der Waals surface area (Å²) in [7, 11) is 0. The number of hydrogen-bond donors (Lipinski definition) is 0. The Morgan fingerprint density at radius 2 is 0.600 bits per heavy atom. The van der Waals surface area contributed by atoms with Gasteiger partial charge in [-0.3, -0.25) is 14.4 Å². The van der Waals surface area contributed by atoms with Crippen LogP contribution in [0.5, 0.6) is 0 Å². The summed E-state index contributed by atoms with van der Waals surface area (Å²) in [5.74, 6) is -0.877. The molecule has 352 valence electrons. The summed E-state index contributed by atoms with van der Waals surface area (Å²) in [5.41, 5.74) is 0. The zero-order valence-electron chi connectivity index (χ0n) is 40.2. The predicted molar refractivity (Wildman–Crippen MR) is 256 cm³/mol. The van der Waals surface area contributed by atoms with Crippen LogP contribution in [0.1, 0.15) is 284 Å². The molecule has 0 aliphatic heterocycles. The Hall–Kier alpha value is -2.11. The topological polar surface area (TPSA) is 78.9 Å². The molecule has 0 amide bonds. The maximum atomic E-state index is 12.8. The van der Waals surface area contributed by atoms with Gasteiger partial charge in [0, 0.05) is 19.3 Å². The summed E-state index contributed by atoms with van der Waals surface area (Å²) in [6.45, 7) is 6.60. The molecular weight excluding hydrogens is 745 g/mol. The molecule has 1 unspecified atom stereocenters. The Bertz CT molecular complexity index is 973. The van der Waals surface area contributed by atoms with Crippen LogP contribution in [0.15, 0.2) is 24.3 Å². The fourth-order valence-corrected chi connectivity index (χ4v) is 7.71. The predicted octanol–water partition coefficient (Wildman–Crippen LogP) is 17.2. The molecule has 0 fully saturated rings. The number of allylic oxidation sites excluding steroid dienone is 4. The van der Waals surface area contributed by atoms with Gasteiger partial charge in [0.1, 0.15) is 13.2 Å². The largest absolute Gasteiger partial charge is 0.462 e. The molecule has 0 heterocycles. The molecule has 0 N–H and O–H groups in total. The van der Waals surface area contributed by atoms with Gasteiger partial charge in [-0.25, -0.2) is 0 Å². The van der Waals surface area contributed by atoms with Gasteiger partial charge in [-0.1, -0.05) is 238 Å². The molecule has 6 nitrogen and oxygen atoms in total. The Labute approximate surface area is 373 Å². The lowest BCUT2D eigenvalue weighted by Gasteiger charge is -2.18. The van der Waals surface area contributed by atoms with Crippen molar-refractivity contribution < 1.29 is 28.6 Å². The molecular formula is C54H100O6. The lowest BCUT2D eigenvalue weighted by atomic mass is 10.0. The maximum absolute atomic E-state index is 12.8. The minimum absolute atomic E-state index is 0.0725. The summed E-state index contributed by atoms with van der Waals surface area (Å²) in [6.07, 6.45) is 56.0. The first-order valence-electron chi connectivity index (χ1n) is 26.3. The highest BCUT2D eigenvalue weighted by Gasteiger charge is 2.19. The molecule has 6 heteroatoms. The number of rotatable bonds is 48. The van der Waals surface area contributed by atoms with Gasteiger partial charge in [0.2, 0.25) is 0 Å². The van der Waals surface area contributed by atoms with Crippen molar-refractivity contribution in [2.24, 2.45) is 0 Å². The summed E-state index contributed by atoms with van der Waals surface area (Å²) >= 11 is 0. The monoisotopic (exact) mass is 845 g/mol. The van der Waals surface area contributed by atoms with E-state index in [1.54, 1.807) is 0 Å². The second kappa shape index (κ2) is 49.5. The van der Waals surface area contributed by atoms with Crippen molar-refractivity contribution in [3.63, 3.8) is 0 Å².